The third-order valence-electron chi connectivity index (χ3n) is 3.06. The van der Waals surface area contributed by atoms with Crippen LogP contribution in [0.4, 0.5) is 14.5 Å². The molecule has 4 nitrogen and oxygen atoms in total. The standard InChI is InChI=1S/C17H17F2NO3S/c1-3-23-14-9-4-11(10-15(14)22-2)16(21)20-12-5-7-13(8-6-12)24-17(18)19/h4-10,17H,3H2,1-2H3,(H,20,21). The predicted molar refractivity (Wildman–Crippen MR) is 90.4 cm³/mol. The van der Waals surface area contributed by atoms with Crippen molar-refractivity contribution in [2.24, 2.45) is 0 Å². The summed E-state index contributed by atoms with van der Waals surface area (Å²) in [5.74, 6) is -1.77. The Morgan fingerprint density at radius 3 is 2.46 bits per heavy atom. The molecule has 0 aliphatic heterocycles. The molecule has 0 aromatic heterocycles. The van der Waals surface area contributed by atoms with Crippen molar-refractivity contribution in [1.82, 2.24) is 0 Å². The molecule has 0 aliphatic carbocycles. The SMILES string of the molecule is CCOc1ccc(C(=O)Nc2ccc(SC(F)F)cc2)cc1OC. The van der Waals surface area contributed by atoms with E-state index in [0.29, 0.717) is 46.0 Å². The third kappa shape index (κ3) is 4.86. The number of ether oxygens (including phenoxy) is 2. The molecule has 0 saturated heterocycles. The van der Waals surface area contributed by atoms with Crippen LogP contribution < -0.4 is 14.8 Å². The van der Waals surface area contributed by atoms with Crippen LogP contribution in [-0.2, 0) is 0 Å². The maximum Gasteiger partial charge on any atom is 0.288 e. The fourth-order valence-corrected chi connectivity index (χ4v) is 2.51. The lowest BCUT2D eigenvalue weighted by Crippen LogP contribution is -2.12. The van der Waals surface area contributed by atoms with E-state index in [-0.39, 0.29) is 5.91 Å². The number of amides is 1. The van der Waals surface area contributed by atoms with Crippen LogP contribution >= 0.6 is 11.8 Å². The smallest absolute Gasteiger partial charge is 0.288 e. The zero-order valence-corrected chi connectivity index (χ0v) is 14.0. The van der Waals surface area contributed by atoms with Crippen molar-refractivity contribution >= 4 is 23.4 Å². The summed E-state index contributed by atoms with van der Waals surface area (Å²) in [6, 6.07) is 11.1. The molecule has 2 aromatic rings. The minimum Gasteiger partial charge on any atom is -0.493 e. The lowest BCUT2D eigenvalue weighted by Gasteiger charge is -2.11. The van der Waals surface area contributed by atoms with Crippen molar-refractivity contribution in [1.29, 1.82) is 0 Å². The van der Waals surface area contributed by atoms with Crippen molar-refractivity contribution < 1.29 is 23.0 Å². The molecule has 0 atom stereocenters. The maximum atomic E-state index is 12.3. The molecular weight excluding hydrogens is 336 g/mol. The molecule has 1 N–H and O–H groups in total. The number of methoxy groups -OCH3 is 1. The molecule has 24 heavy (non-hydrogen) atoms. The highest BCUT2D eigenvalue weighted by Gasteiger charge is 2.12. The number of thioether (sulfide) groups is 1. The van der Waals surface area contributed by atoms with Gasteiger partial charge in [-0.3, -0.25) is 4.79 Å². The van der Waals surface area contributed by atoms with E-state index < -0.39 is 5.76 Å². The van der Waals surface area contributed by atoms with Crippen LogP contribution in [0.25, 0.3) is 0 Å². The average molecular weight is 353 g/mol. The second-order valence-corrected chi connectivity index (χ2v) is 5.72. The van der Waals surface area contributed by atoms with Gasteiger partial charge in [0.25, 0.3) is 11.7 Å². The highest BCUT2D eigenvalue weighted by atomic mass is 32.2. The quantitative estimate of drug-likeness (QED) is 0.736. The molecule has 0 unspecified atom stereocenters. The van der Waals surface area contributed by atoms with Gasteiger partial charge in [0.15, 0.2) is 11.5 Å². The van der Waals surface area contributed by atoms with E-state index in [9.17, 15) is 13.6 Å². The molecule has 0 saturated carbocycles. The normalized spacial score (nSPS) is 10.5. The largest absolute Gasteiger partial charge is 0.493 e. The average Bonchev–Trinajstić information content (AvgIpc) is 2.56. The highest BCUT2D eigenvalue weighted by Crippen LogP contribution is 2.29. The summed E-state index contributed by atoms with van der Waals surface area (Å²) in [5.41, 5.74) is 0.924. The number of benzene rings is 2. The number of rotatable bonds is 7. The second-order valence-electron chi connectivity index (χ2n) is 4.66. The first-order chi connectivity index (χ1) is 11.5. The van der Waals surface area contributed by atoms with Crippen LogP contribution in [0.15, 0.2) is 47.4 Å². The van der Waals surface area contributed by atoms with Crippen molar-refractivity contribution in [2.45, 2.75) is 17.6 Å². The fraction of sp³-hybridized carbons (Fsp3) is 0.235. The Kier molecular flexibility index (Phi) is 6.43. The van der Waals surface area contributed by atoms with Gasteiger partial charge in [0.2, 0.25) is 0 Å². The Morgan fingerprint density at radius 1 is 1.17 bits per heavy atom. The van der Waals surface area contributed by atoms with Crippen molar-refractivity contribution in [3.63, 3.8) is 0 Å². The molecule has 7 heteroatoms. The first-order valence-corrected chi connectivity index (χ1v) is 8.08. The summed E-state index contributed by atoms with van der Waals surface area (Å²) in [6.45, 7) is 2.35. The van der Waals surface area contributed by atoms with Crippen LogP contribution in [-0.4, -0.2) is 25.4 Å². The number of carbonyl (C=O) groups excluding carboxylic acids is 1. The van der Waals surface area contributed by atoms with Gasteiger partial charge in [-0.05, 0) is 49.4 Å². The van der Waals surface area contributed by atoms with Crippen LogP contribution in [0, 0.1) is 0 Å². The number of anilines is 1. The summed E-state index contributed by atoms with van der Waals surface area (Å²) in [5, 5.41) is 2.71. The molecule has 2 rings (SSSR count). The molecule has 128 valence electrons. The summed E-state index contributed by atoms with van der Waals surface area (Å²) in [6.07, 6.45) is 0. The Bertz CT molecular complexity index is 693. The van der Waals surface area contributed by atoms with Gasteiger partial charge in [-0.15, -0.1) is 0 Å². The van der Waals surface area contributed by atoms with Gasteiger partial charge in [0.1, 0.15) is 0 Å². The first-order valence-electron chi connectivity index (χ1n) is 7.20. The number of carbonyl (C=O) groups is 1. The van der Waals surface area contributed by atoms with Gasteiger partial charge in [0.05, 0.1) is 13.7 Å². The van der Waals surface area contributed by atoms with E-state index >= 15 is 0 Å². The van der Waals surface area contributed by atoms with E-state index in [0.717, 1.165) is 0 Å². The van der Waals surface area contributed by atoms with E-state index in [4.69, 9.17) is 9.47 Å². The highest BCUT2D eigenvalue weighted by molar-refractivity contribution is 7.99. The Morgan fingerprint density at radius 2 is 1.88 bits per heavy atom. The van der Waals surface area contributed by atoms with E-state index in [1.54, 1.807) is 30.3 Å². The van der Waals surface area contributed by atoms with Gasteiger partial charge in [-0.25, -0.2) is 0 Å². The maximum absolute atomic E-state index is 12.3. The van der Waals surface area contributed by atoms with Gasteiger partial charge in [-0.2, -0.15) is 8.78 Å². The van der Waals surface area contributed by atoms with E-state index in [2.05, 4.69) is 5.32 Å². The number of nitrogens with one attached hydrogen (secondary N) is 1. The summed E-state index contributed by atoms with van der Waals surface area (Å²) in [7, 11) is 1.50. The molecule has 0 radical (unpaired) electrons. The molecule has 0 aliphatic rings. The van der Waals surface area contributed by atoms with E-state index in [1.165, 1.54) is 19.2 Å². The van der Waals surface area contributed by atoms with Gasteiger partial charge in [0, 0.05) is 16.1 Å². The third-order valence-corrected chi connectivity index (χ3v) is 3.79. The molecule has 0 heterocycles. The van der Waals surface area contributed by atoms with Crippen LogP contribution in [0.1, 0.15) is 17.3 Å². The second kappa shape index (κ2) is 8.54. The lowest BCUT2D eigenvalue weighted by atomic mass is 10.2. The Labute approximate surface area is 143 Å². The Balaban J connectivity index is 2.09. The number of hydrogen-bond donors (Lipinski definition) is 1. The van der Waals surface area contributed by atoms with Gasteiger partial charge >= 0.3 is 0 Å². The number of alkyl halides is 2. The van der Waals surface area contributed by atoms with E-state index in [1.807, 2.05) is 6.92 Å². The number of halogens is 2. The van der Waals surface area contributed by atoms with Crippen LogP contribution in [0.3, 0.4) is 0 Å². The van der Waals surface area contributed by atoms with Gasteiger partial charge in [-0.1, -0.05) is 11.8 Å². The summed E-state index contributed by atoms with van der Waals surface area (Å²) < 4.78 is 35.2. The monoisotopic (exact) mass is 353 g/mol. The topological polar surface area (TPSA) is 47.6 Å². The molecule has 0 spiro atoms. The van der Waals surface area contributed by atoms with Crippen LogP contribution in [0.2, 0.25) is 0 Å². The van der Waals surface area contributed by atoms with Crippen molar-refractivity contribution in [3.8, 4) is 11.5 Å². The number of hydrogen-bond acceptors (Lipinski definition) is 4. The predicted octanol–water partition coefficient (Wildman–Crippen LogP) is 4.66. The summed E-state index contributed by atoms with van der Waals surface area (Å²) in [4.78, 5) is 12.7. The first kappa shape index (κ1) is 18.1. The molecular formula is C17H17F2NO3S. The molecule has 1 amide bonds. The zero-order valence-electron chi connectivity index (χ0n) is 13.2. The Hall–Kier alpha value is -2.28. The molecule has 2 aromatic carbocycles. The lowest BCUT2D eigenvalue weighted by molar-refractivity contribution is 0.102. The molecule has 0 fully saturated rings. The van der Waals surface area contributed by atoms with Gasteiger partial charge < -0.3 is 14.8 Å². The van der Waals surface area contributed by atoms with Crippen LogP contribution in [0.5, 0.6) is 11.5 Å². The fourth-order valence-electron chi connectivity index (χ4n) is 2.01. The zero-order chi connectivity index (χ0) is 17.5. The molecule has 0 bridgehead atoms. The summed E-state index contributed by atoms with van der Waals surface area (Å²) >= 11 is 0.457. The minimum absolute atomic E-state index is 0.328. The van der Waals surface area contributed by atoms with Crippen molar-refractivity contribution in [3.05, 3.63) is 48.0 Å². The van der Waals surface area contributed by atoms with Crippen molar-refractivity contribution in [2.75, 3.05) is 19.0 Å². The minimum atomic E-state index is -2.47.